The molecule has 0 aromatic carbocycles. The molecule has 0 spiro atoms. The molecule has 8 heteroatoms. The number of ether oxygens (including phenoxy) is 1. The molecular weight excluding hydrogens is 268 g/mol. The number of esters is 1. The third-order valence-corrected chi connectivity index (χ3v) is 2.12. The highest BCUT2D eigenvalue weighted by atomic mass is 16.5. The summed E-state index contributed by atoms with van der Waals surface area (Å²) in [7, 11) is 0. The highest BCUT2D eigenvalue weighted by molar-refractivity contribution is 5.82. The van der Waals surface area contributed by atoms with E-state index in [-0.39, 0.29) is 26.0 Å². The lowest BCUT2D eigenvalue weighted by Crippen LogP contribution is -2.12. The smallest absolute Gasteiger partial charge is 0.330 e. The first-order valence-electron chi connectivity index (χ1n) is 5.75. The maximum Gasteiger partial charge on any atom is 0.330 e. The monoisotopic (exact) mass is 282 g/mol. The molecule has 0 radical (unpaired) electrons. The van der Waals surface area contributed by atoms with E-state index in [2.05, 4.69) is 9.98 Å². The van der Waals surface area contributed by atoms with E-state index in [1.165, 1.54) is 18.2 Å². The number of hydrogen-bond donors (Lipinski definition) is 1. The van der Waals surface area contributed by atoms with Crippen LogP contribution in [0.4, 0.5) is 0 Å². The minimum absolute atomic E-state index is 0.0108. The number of carboxylic acid groups (broad SMARTS) is 1. The Balaban J connectivity index is 4.00. The van der Waals surface area contributed by atoms with Gasteiger partial charge >= 0.3 is 11.9 Å². The minimum Gasteiger partial charge on any atom is -0.481 e. The second-order valence-corrected chi connectivity index (χ2v) is 3.59. The molecule has 1 atom stereocenters. The molecule has 0 aliphatic carbocycles. The standard InChI is InChI=1S/C12H14N2O6/c15-8-13-6-4-10(14-9-16)5-7-20-12(19)3-1-2-11(17)18/h1,3,10H,2,4-7H2,(H,17,18). The van der Waals surface area contributed by atoms with Gasteiger partial charge in [-0.05, 0) is 6.42 Å². The Morgan fingerprint density at radius 3 is 2.60 bits per heavy atom. The van der Waals surface area contributed by atoms with Crippen molar-refractivity contribution in [2.24, 2.45) is 9.98 Å². The predicted octanol–water partition coefficient (Wildman–Crippen LogP) is 0.381. The first kappa shape index (κ1) is 17.4. The number of carbonyl (C=O) groups excluding carboxylic acids is 3. The fraction of sp³-hybridized carbons (Fsp3) is 0.500. The number of isocyanates is 2. The van der Waals surface area contributed by atoms with Crippen LogP contribution in [0.5, 0.6) is 0 Å². The largest absolute Gasteiger partial charge is 0.481 e. The SMILES string of the molecule is O=C=NCCC(CCOC(=O)C=CCC(=O)O)N=C=O. The first-order valence-corrected chi connectivity index (χ1v) is 5.75. The van der Waals surface area contributed by atoms with Crippen LogP contribution in [0.3, 0.4) is 0 Å². The van der Waals surface area contributed by atoms with E-state index < -0.39 is 18.0 Å². The lowest BCUT2D eigenvalue weighted by atomic mass is 10.1. The fourth-order valence-electron chi connectivity index (χ4n) is 1.21. The first-order chi connectivity index (χ1) is 9.60. The number of hydrogen-bond acceptors (Lipinski definition) is 7. The van der Waals surface area contributed by atoms with Crippen molar-refractivity contribution in [3.8, 4) is 0 Å². The number of rotatable bonds is 10. The Labute approximate surface area is 114 Å². The van der Waals surface area contributed by atoms with E-state index >= 15 is 0 Å². The van der Waals surface area contributed by atoms with Gasteiger partial charge in [0.25, 0.3) is 0 Å². The number of aliphatic imine (C=N–C) groups is 2. The summed E-state index contributed by atoms with van der Waals surface area (Å²) in [5.74, 6) is -1.73. The topological polar surface area (TPSA) is 122 Å². The zero-order valence-corrected chi connectivity index (χ0v) is 10.7. The van der Waals surface area contributed by atoms with Crippen molar-refractivity contribution >= 4 is 24.1 Å². The van der Waals surface area contributed by atoms with Crippen molar-refractivity contribution in [2.45, 2.75) is 25.3 Å². The van der Waals surface area contributed by atoms with Gasteiger partial charge in [-0.2, -0.15) is 0 Å². The number of carbonyl (C=O) groups is 2. The molecule has 0 saturated heterocycles. The predicted molar refractivity (Wildman–Crippen MR) is 66.5 cm³/mol. The molecule has 108 valence electrons. The van der Waals surface area contributed by atoms with Crippen LogP contribution in [0, 0.1) is 0 Å². The van der Waals surface area contributed by atoms with E-state index in [1.54, 1.807) is 0 Å². The summed E-state index contributed by atoms with van der Waals surface area (Å²) in [4.78, 5) is 48.2. The van der Waals surface area contributed by atoms with Gasteiger partial charge < -0.3 is 9.84 Å². The Kier molecular flexibility index (Phi) is 10.1. The lowest BCUT2D eigenvalue weighted by Gasteiger charge is -2.08. The molecule has 0 bridgehead atoms. The maximum absolute atomic E-state index is 11.1. The molecule has 0 aromatic heterocycles. The van der Waals surface area contributed by atoms with Crippen molar-refractivity contribution in [1.29, 1.82) is 0 Å². The Hall–Kier alpha value is -2.56. The summed E-state index contributed by atoms with van der Waals surface area (Å²) >= 11 is 0. The van der Waals surface area contributed by atoms with E-state index in [4.69, 9.17) is 9.84 Å². The summed E-state index contributed by atoms with van der Waals surface area (Å²) in [6.07, 6.45) is 5.30. The van der Waals surface area contributed by atoms with E-state index in [1.807, 2.05) is 0 Å². The Morgan fingerprint density at radius 1 is 1.25 bits per heavy atom. The van der Waals surface area contributed by atoms with Crippen LogP contribution in [0.1, 0.15) is 19.3 Å². The zero-order valence-electron chi connectivity index (χ0n) is 10.7. The molecule has 1 unspecified atom stereocenters. The number of carboxylic acids is 1. The molecule has 0 aromatic rings. The molecule has 0 heterocycles. The van der Waals surface area contributed by atoms with Crippen LogP contribution in [0.25, 0.3) is 0 Å². The van der Waals surface area contributed by atoms with Gasteiger partial charge in [0.15, 0.2) is 0 Å². The molecule has 20 heavy (non-hydrogen) atoms. The molecule has 0 rings (SSSR count). The van der Waals surface area contributed by atoms with Gasteiger partial charge in [-0.25, -0.2) is 24.4 Å². The highest BCUT2D eigenvalue weighted by Gasteiger charge is 2.08. The molecule has 0 aliphatic rings. The second-order valence-electron chi connectivity index (χ2n) is 3.59. The van der Waals surface area contributed by atoms with Gasteiger partial charge in [-0.3, -0.25) is 4.79 Å². The maximum atomic E-state index is 11.1. The van der Waals surface area contributed by atoms with Crippen LogP contribution in [-0.4, -0.2) is 48.4 Å². The summed E-state index contributed by atoms with van der Waals surface area (Å²) in [5, 5.41) is 8.35. The Bertz CT molecular complexity index is 447. The normalized spacial score (nSPS) is 11.2. The molecule has 0 aliphatic heterocycles. The molecule has 0 saturated carbocycles. The van der Waals surface area contributed by atoms with Gasteiger partial charge in [0.2, 0.25) is 12.2 Å². The lowest BCUT2D eigenvalue weighted by molar-refractivity contribution is -0.137. The Morgan fingerprint density at radius 2 is 2.00 bits per heavy atom. The van der Waals surface area contributed by atoms with Crippen molar-refractivity contribution in [2.75, 3.05) is 13.2 Å². The van der Waals surface area contributed by atoms with Gasteiger partial charge in [-0.1, -0.05) is 6.08 Å². The van der Waals surface area contributed by atoms with Crippen molar-refractivity contribution < 1.29 is 29.0 Å². The van der Waals surface area contributed by atoms with E-state index in [0.29, 0.717) is 6.42 Å². The second kappa shape index (κ2) is 11.5. The fourth-order valence-corrected chi connectivity index (χ4v) is 1.21. The molecule has 0 fully saturated rings. The van der Waals surface area contributed by atoms with Gasteiger partial charge in [0, 0.05) is 12.5 Å². The zero-order chi connectivity index (χ0) is 15.2. The van der Waals surface area contributed by atoms with Crippen LogP contribution in [0.2, 0.25) is 0 Å². The van der Waals surface area contributed by atoms with Gasteiger partial charge in [-0.15, -0.1) is 0 Å². The molecular formula is C12H14N2O6. The summed E-state index contributed by atoms with van der Waals surface area (Å²) in [6.45, 7) is 0.183. The summed E-state index contributed by atoms with van der Waals surface area (Å²) < 4.78 is 4.79. The third kappa shape index (κ3) is 10.6. The van der Waals surface area contributed by atoms with Crippen molar-refractivity contribution in [1.82, 2.24) is 0 Å². The molecule has 1 N–H and O–H groups in total. The number of aliphatic carboxylic acids is 1. The van der Waals surface area contributed by atoms with Gasteiger partial charge in [0.05, 0.1) is 25.6 Å². The highest BCUT2D eigenvalue weighted by Crippen LogP contribution is 2.04. The van der Waals surface area contributed by atoms with E-state index in [9.17, 15) is 19.2 Å². The van der Waals surface area contributed by atoms with Crippen LogP contribution in [-0.2, 0) is 23.9 Å². The van der Waals surface area contributed by atoms with Gasteiger partial charge in [0.1, 0.15) is 0 Å². The van der Waals surface area contributed by atoms with Crippen LogP contribution in [0.15, 0.2) is 22.1 Å². The molecule has 8 nitrogen and oxygen atoms in total. The third-order valence-electron chi connectivity index (χ3n) is 2.12. The summed E-state index contributed by atoms with van der Waals surface area (Å²) in [6, 6.07) is -0.444. The van der Waals surface area contributed by atoms with Crippen LogP contribution >= 0.6 is 0 Å². The summed E-state index contributed by atoms with van der Waals surface area (Å²) in [5.41, 5.74) is 0. The van der Waals surface area contributed by atoms with Crippen LogP contribution < -0.4 is 0 Å². The van der Waals surface area contributed by atoms with E-state index in [0.717, 1.165) is 6.08 Å². The number of nitrogens with zero attached hydrogens (tertiary/aromatic N) is 2. The average Bonchev–Trinajstić information content (AvgIpc) is 2.38. The quantitative estimate of drug-likeness (QED) is 0.267. The van der Waals surface area contributed by atoms with Crippen molar-refractivity contribution in [3.05, 3.63) is 12.2 Å². The van der Waals surface area contributed by atoms with Crippen molar-refractivity contribution in [3.63, 3.8) is 0 Å². The minimum atomic E-state index is -1.05. The average molecular weight is 282 g/mol. The molecule has 0 amide bonds.